The Bertz CT molecular complexity index is 2270. The van der Waals surface area contributed by atoms with Crippen LogP contribution in [-0.4, -0.2) is 143 Å². The van der Waals surface area contributed by atoms with Crippen molar-refractivity contribution >= 4 is 40.6 Å². The van der Waals surface area contributed by atoms with Crippen LogP contribution in [0.15, 0.2) is 66.7 Å². The number of aromatic nitrogens is 1. The molecule has 4 N–H and O–H groups in total. The third-order valence-corrected chi connectivity index (χ3v) is 13.0. The number of alkyl carbamates (subject to hydrolysis) is 1. The van der Waals surface area contributed by atoms with Gasteiger partial charge in [-0.05, 0) is 67.1 Å². The lowest BCUT2D eigenvalue weighted by molar-refractivity contribution is -0.140. The molecular formula is C49H63N7O9. The van der Waals surface area contributed by atoms with Crippen LogP contribution in [0.1, 0.15) is 76.9 Å². The summed E-state index contributed by atoms with van der Waals surface area (Å²) in [6, 6.07) is 20.7. The lowest BCUT2D eigenvalue weighted by Crippen LogP contribution is -2.59. The molecule has 16 heteroatoms. The molecule has 16 nitrogen and oxygen atoms in total. The van der Waals surface area contributed by atoms with Gasteiger partial charge in [-0.3, -0.25) is 19.2 Å². The largest absolute Gasteiger partial charge is 0.497 e. The summed E-state index contributed by atoms with van der Waals surface area (Å²) in [5.74, 6) is -0.425. The van der Waals surface area contributed by atoms with E-state index in [0.717, 1.165) is 43.2 Å². The number of hydrogen-bond acceptors (Lipinski definition) is 10. The number of likely N-dealkylation sites (N-methyl/N-ethyl adjacent to an activating group) is 1. The first-order chi connectivity index (χ1) is 31.6. The third-order valence-electron chi connectivity index (χ3n) is 13.0. The molecule has 0 radical (unpaired) electrons. The predicted octanol–water partition coefficient (Wildman–Crippen LogP) is 4.45. The van der Waals surface area contributed by atoms with E-state index in [1.165, 1.54) is 11.1 Å². The zero-order valence-electron chi connectivity index (χ0n) is 38.0. The monoisotopic (exact) mass is 893 g/mol. The summed E-state index contributed by atoms with van der Waals surface area (Å²) < 4.78 is 24.1. The molecule has 0 unspecified atom stereocenters. The van der Waals surface area contributed by atoms with Crippen molar-refractivity contribution in [1.82, 2.24) is 35.6 Å². The lowest BCUT2D eigenvalue weighted by atomic mass is 9.83. The van der Waals surface area contributed by atoms with Gasteiger partial charge in [0, 0.05) is 63.7 Å². The highest BCUT2D eigenvalue weighted by molar-refractivity contribution is 6.16. The number of aryl methyl sites for hydroxylation is 1. The number of nitrogens with zero attached hydrogens (tertiary/aromatic N) is 3. The van der Waals surface area contributed by atoms with Gasteiger partial charge in [0.1, 0.15) is 24.1 Å². The van der Waals surface area contributed by atoms with Crippen LogP contribution in [0.25, 0.3) is 22.0 Å². The number of hydrogen-bond donors (Lipinski definition) is 4. The average Bonchev–Trinajstić information content (AvgIpc) is 3.83. The van der Waals surface area contributed by atoms with E-state index in [9.17, 15) is 24.0 Å². The van der Waals surface area contributed by atoms with Gasteiger partial charge in [-0.2, -0.15) is 0 Å². The minimum absolute atomic E-state index is 0.0152. The Kier molecular flexibility index (Phi) is 16.1. The highest BCUT2D eigenvalue weighted by atomic mass is 16.6. The Hall–Kier alpha value is -5.97. The molecule has 2 heterocycles. The molecule has 0 bridgehead atoms. The second-order valence-corrected chi connectivity index (χ2v) is 16.9. The summed E-state index contributed by atoms with van der Waals surface area (Å²) in [4.78, 5) is 71.1. The van der Waals surface area contributed by atoms with Gasteiger partial charge in [0.15, 0.2) is 0 Å². The Morgan fingerprint density at radius 1 is 0.769 bits per heavy atom. The van der Waals surface area contributed by atoms with Crippen molar-refractivity contribution in [2.45, 2.75) is 57.0 Å². The molecular weight excluding hydrogens is 831 g/mol. The van der Waals surface area contributed by atoms with E-state index in [1.54, 1.807) is 60.7 Å². The molecule has 1 aliphatic heterocycles. The summed E-state index contributed by atoms with van der Waals surface area (Å²) in [5.41, 5.74) is 5.79. The normalized spacial score (nSPS) is 16.1. The molecule has 3 aliphatic rings. The van der Waals surface area contributed by atoms with Crippen molar-refractivity contribution in [2.75, 3.05) is 86.5 Å². The maximum atomic E-state index is 14.4. The van der Waals surface area contributed by atoms with Crippen LogP contribution in [0.3, 0.4) is 0 Å². The van der Waals surface area contributed by atoms with Gasteiger partial charge in [0.05, 0.1) is 50.7 Å². The standard InChI is InChI=1S/C49H63N7O9/c1-32(50-2)45(57)53-43(33-12-6-5-7-13-33)47(59)55-22-24-56(25-23-55)48(60)44-42(39-19-18-34(62-4)30-41(39)54(44)3)46(58)51-20-26-63-28-29-64-27-21-52-49(61)65-31-40-37-16-10-8-14-35(37)36-15-9-11-17-38(36)40/h8-11,14-19,30,32-33,40,43,50H,5-7,12-13,20-29,31H2,1-4H3,(H,51,58)(H,52,61)(H,53,57)/t32-,43-/m0/s1. The van der Waals surface area contributed by atoms with Gasteiger partial charge in [-0.25, -0.2) is 4.79 Å². The molecule has 2 aliphatic carbocycles. The van der Waals surface area contributed by atoms with Crippen molar-refractivity contribution in [1.29, 1.82) is 0 Å². The molecule has 1 saturated carbocycles. The van der Waals surface area contributed by atoms with Crippen molar-refractivity contribution in [3.63, 3.8) is 0 Å². The summed E-state index contributed by atoms with van der Waals surface area (Å²) in [6.45, 7) is 4.67. The first-order valence-electron chi connectivity index (χ1n) is 22.9. The number of carbonyl (C=O) groups is 5. The molecule has 3 aromatic carbocycles. The Morgan fingerprint density at radius 2 is 1.38 bits per heavy atom. The number of piperazine rings is 1. The Balaban J connectivity index is 0.860. The molecule has 348 valence electrons. The molecule has 7 rings (SSSR count). The molecule has 4 aromatic rings. The van der Waals surface area contributed by atoms with E-state index in [1.807, 2.05) is 24.3 Å². The van der Waals surface area contributed by atoms with E-state index in [-0.39, 0.29) is 100 Å². The fraction of sp³-hybridized carbons (Fsp3) is 0.490. The van der Waals surface area contributed by atoms with E-state index < -0.39 is 24.1 Å². The zero-order chi connectivity index (χ0) is 45.9. The van der Waals surface area contributed by atoms with Gasteiger partial charge >= 0.3 is 6.09 Å². The smallest absolute Gasteiger partial charge is 0.407 e. The molecule has 5 amide bonds. The number of carbonyl (C=O) groups excluding carboxylic acids is 5. The Morgan fingerprint density at radius 3 is 2.02 bits per heavy atom. The van der Waals surface area contributed by atoms with Crippen LogP contribution < -0.4 is 26.0 Å². The minimum Gasteiger partial charge on any atom is -0.497 e. The van der Waals surface area contributed by atoms with Gasteiger partial charge in [0.2, 0.25) is 11.8 Å². The van der Waals surface area contributed by atoms with Crippen LogP contribution in [0.4, 0.5) is 4.79 Å². The van der Waals surface area contributed by atoms with E-state index in [2.05, 4.69) is 45.5 Å². The topological polar surface area (TPSA) is 182 Å². The van der Waals surface area contributed by atoms with Crippen molar-refractivity contribution < 1.29 is 42.9 Å². The van der Waals surface area contributed by atoms with E-state index in [0.29, 0.717) is 29.7 Å². The summed E-state index contributed by atoms with van der Waals surface area (Å²) in [7, 11) is 5.03. The fourth-order valence-corrected chi connectivity index (χ4v) is 9.28. The Labute approximate surface area is 380 Å². The average molecular weight is 894 g/mol. The molecule has 2 fully saturated rings. The minimum atomic E-state index is -0.618. The highest BCUT2D eigenvalue weighted by Gasteiger charge is 2.38. The van der Waals surface area contributed by atoms with Crippen LogP contribution in [-0.2, 0) is 30.8 Å². The first kappa shape index (κ1) is 47.0. The number of nitrogens with one attached hydrogen (secondary N) is 4. The maximum absolute atomic E-state index is 14.4. The molecule has 65 heavy (non-hydrogen) atoms. The molecule has 1 aromatic heterocycles. The zero-order valence-corrected chi connectivity index (χ0v) is 38.0. The number of benzene rings is 3. The van der Waals surface area contributed by atoms with E-state index >= 15 is 0 Å². The van der Waals surface area contributed by atoms with Gasteiger partial charge in [-0.15, -0.1) is 0 Å². The summed E-state index contributed by atoms with van der Waals surface area (Å²) in [6.07, 6.45) is 4.43. The highest BCUT2D eigenvalue weighted by Crippen LogP contribution is 2.44. The molecule has 1 saturated heterocycles. The number of fused-ring (bicyclic) bond motifs is 4. The summed E-state index contributed by atoms with van der Waals surface area (Å²) in [5, 5.41) is 12.3. The lowest BCUT2D eigenvalue weighted by Gasteiger charge is -2.39. The van der Waals surface area contributed by atoms with Crippen LogP contribution in [0.5, 0.6) is 5.75 Å². The second-order valence-electron chi connectivity index (χ2n) is 16.9. The quantitative estimate of drug-likeness (QED) is 0.0983. The maximum Gasteiger partial charge on any atom is 0.407 e. The van der Waals surface area contributed by atoms with Gasteiger partial charge in [-0.1, -0.05) is 67.8 Å². The number of amides is 5. The summed E-state index contributed by atoms with van der Waals surface area (Å²) >= 11 is 0. The van der Waals surface area contributed by atoms with Crippen molar-refractivity contribution in [2.24, 2.45) is 13.0 Å². The molecule has 2 atom stereocenters. The van der Waals surface area contributed by atoms with Gasteiger partial charge in [0.25, 0.3) is 11.8 Å². The van der Waals surface area contributed by atoms with Crippen molar-refractivity contribution in [3.05, 3.63) is 89.1 Å². The van der Waals surface area contributed by atoms with Crippen molar-refractivity contribution in [3.8, 4) is 16.9 Å². The fourth-order valence-electron chi connectivity index (χ4n) is 9.28. The number of methoxy groups -OCH3 is 1. The number of rotatable bonds is 19. The SMILES string of the molecule is CN[C@@H](C)C(=O)N[C@H](C(=O)N1CCN(C(=O)c2c(C(=O)NCCOCCOCCNC(=O)OCC3c4ccccc4-c4ccccc43)c3ccc(OC)cc3n2C)CC1)C1CCCCC1. The second kappa shape index (κ2) is 22.3. The van der Waals surface area contributed by atoms with E-state index in [4.69, 9.17) is 18.9 Å². The van der Waals surface area contributed by atoms with Crippen LogP contribution in [0.2, 0.25) is 0 Å². The predicted molar refractivity (Wildman–Crippen MR) is 246 cm³/mol. The first-order valence-corrected chi connectivity index (χ1v) is 22.9. The van der Waals surface area contributed by atoms with Crippen LogP contribution >= 0.6 is 0 Å². The van der Waals surface area contributed by atoms with Crippen LogP contribution in [0, 0.1) is 5.92 Å². The van der Waals surface area contributed by atoms with Gasteiger partial charge < -0.3 is 54.6 Å². The number of ether oxygens (including phenoxy) is 4. The third kappa shape index (κ3) is 10.9. The molecule has 0 spiro atoms.